The molecule has 0 saturated carbocycles. The molecule has 1 fully saturated rings. The Bertz CT molecular complexity index is 968. The second kappa shape index (κ2) is 7.13. The van der Waals surface area contributed by atoms with Crippen LogP contribution in [-0.2, 0) is 11.8 Å². The van der Waals surface area contributed by atoms with Crippen LogP contribution >= 0.6 is 11.6 Å². The van der Waals surface area contributed by atoms with Gasteiger partial charge in [0.1, 0.15) is 12.4 Å². The van der Waals surface area contributed by atoms with Crippen molar-refractivity contribution >= 4 is 17.5 Å². The highest BCUT2D eigenvalue weighted by Gasteiger charge is 2.35. The zero-order valence-corrected chi connectivity index (χ0v) is 15.8. The summed E-state index contributed by atoms with van der Waals surface area (Å²) in [6.45, 7) is 3.04. The third-order valence-electron chi connectivity index (χ3n) is 4.73. The third kappa shape index (κ3) is 3.11. The molecule has 0 N–H and O–H groups in total. The van der Waals surface area contributed by atoms with Gasteiger partial charge in [0.25, 0.3) is 5.91 Å². The van der Waals surface area contributed by atoms with Crippen molar-refractivity contribution in [2.75, 3.05) is 19.8 Å². The van der Waals surface area contributed by atoms with Gasteiger partial charge >= 0.3 is 0 Å². The second-order valence-electron chi connectivity index (χ2n) is 6.33. The van der Waals surface area contributed by atoms with Crippen molar-refractivity contribution in [2.24, 2.45) is 7.05 Å². The number of nitrogens with zero attached hydrogens (tertiary/aromatic N) is 6. The Morgan fingerprint density at radius 1 is 1.30 bits per heavy atom. The predicted octanol–water partition coefficient (Wildman–Crippen LogP) is 2.18. The van der Waals surface area contributed by atoms with E-state index in [9.17, 15) is 4.79 Å². The molecular formula is C18H19ClN6O2. The number of amides is 1. The SMILES string of the molecule is Cc1c(Cl)c(C(=O)N2CCOCC2c2ncnn2-c2ccccc2)nn1C. The van der Waals surface area contributed by atoms with Crippen molar-refractivity contribution in [3.05, 3.63) is 58.9 Å². The predicted molar refractivity (Wildman–Crippen MR) is 98.9 cm³/mol. The van der Waals surface area contributed by atoms with Gasteiger partial charge in [0.05, 0.1) is 29.6 Å². The van der Waals surface area contributed by atoms with Crippen LogP contribution < -0.4 is 0 Å². The Hall–Kier alpha value is -2.71. The number of halogens is 1. The molecule has 1 amide bonds. The molecule has 4 rings (SSSR count). The van der Waals surface area contributed by atoms with Crippen LogP contribution in [0, 0.1) is 6.92 Å². The molecule has 1 unspecified atom stereocenters. The zero-order valence-electron chi connectivity index (χ0n) is 15.0. The van der Waals surface area contributed by atoms with Crippen molar-refractivity contribution in [1.82, 2.24) is 29.4 Å². The number of benzene rings is 1. The summed E-state index contributed by atoms with van der Waals surface area (Å²) < 4.78 is 8.97. The summed E-state index contributed by atoms with van der Waals surface area (Å²) in [5, 5.41) is 8.99. The smallest absolute Gasteiger partial charge is 0.276 e. The molecule has 0 aliphatic carbocycles. The first-order valence-corrected chi connectivity index (χ1v) is 8.99. The van der Waals surface area contributed by atoms with Crippen molar-refractivity contribution in [3.63, 3.8) is 0 Å². The molecule has 1 aliphatic heterocycles. The monoisotopic (exact) mass is 386 g/mol. The minimum Gasteiger partial charge on any atom is -0.377 e. The fraction of sp³-hybridized carbons (Fsp3) is 0.333. The summed E-state index contributed by atoms with van der Waals surface area (Å²) in [6.07, 6.45) is 1.48. The summed E-state index contributed by atoms with van der Waals surface area (Å²) in [4.78, 5) is 19.3. The number of aryl methyl sites for hydroxylation is 1. The average molecular weight is 387 g/mol. The maximum Gasteiger partial charge on any atom is 0.276 e. The number of para-hydroxylation sites is 1. The summed E-state index contributed by atoms with van der Waals surface area (Å²) in [6, 6.07) is 9.28. The lowest BCUT2D eigenvalue weighted by Gasteiger charge is -2.34. The fourth-order valence-corrected chi connectivity index (χ4v) is 3.40. The molecule has 0 radical (unpaired) electrons. The first kappa shape index (κ1) is 17.7. The van der Waals surface area contributed by atoms with Gasteiger partial charge in [-0.3, -0.25) is 9.48 Å². The van der Waals surface area contributed by atoms with Crippen LogP contribution in [0.3, 0.4) is 0 Å². The minimum absolute atomic E-state index is 0.236. The number of morpholine rings is 1. The number of rotatable bonds is 3. The summed E-state index contributed by atoms with van der Waals surface area (Å²) >= 11 is 6.33. The molecule has 27 heavy (non-hydrogen) atoms. The van der Waals surface area contributed by atoms with Crippen LogP contribution in [0.15, 0.2) is 36.7 Å². The van der Waals surface area contributed by atoms with E-state index in [1.54, 1.807) is 21.3 Å². The minimum atomic E-state index is -0.382. The van der Waals surface area contributed by atoms with Crippen molar-refractivity contribution in [2.45, 2.75) is 13.0 Å². The number of ether oxygens (including phenoxy) is 1. The molecule has 9 heteroatoms. The standard InChI is InChI=1S/C18H19ClN6O2/c1-12-15(19)16(22-23(12)2)18(26)24-8-9-27-10-14(24)17-20-11-21-25(17)13-6-4-3-5-7-13/h3-7,11,14H,8-10H2,1-2H3. The first-order chi connectivity index (χ1) is 13.1. The van der Waals surface area contributed by atoms with E-state index in [0.717, 1.165) is 11.4 Å². The lowest BCUT2D eigenvalue weighted by Crippen LogP contribution is -2.44. The lowest BCUT2D eigenvalue weighted by atomic mass is 10.2. The van der Waals surface area contributed by atoms with Crippen LogP contribution in [-0.4, -0.2) is 55.1 Å². The third-order valence-corrected chi connectivity index (χ3v) is 5.18. The van der Waals surface area contributed by atoms with E-state index in [-0.39, 0.29) is 17.6 Å². The van der Waals surface area contributed by atoms with E-state index in [1.165, 1.54) is 6.33 Å². The molecule has 3 heterocycles. The normalized spacial score (nSPS) is 17.3. The maximum absolute atomic E-state index is 13.2. The van der Waals surface area contributed by atoms with E-state index >= 15 is 0 Å². The van der Waals surface area contributed by atoms with Gasteiger partial charge < -0.3 is 9.64 Å². The van der Waals surface area contributed by atoms with Crippen LogP contribution in [0.1, 0.15) is 28.0 Å². The van der Waals surface area contributed by atoms with Crippen LogP contribution in [0.5, 0.6) is 0 Å². The largest absolute Gasteiger partial charge is 0.377 e. The Kier molecular flexibility index (Phi) is 4.67. The van der Waals surface area contributed by atoms with E-state index < -0.39 is 0 Å². The molecule has 3 aromatic rings. The molecule has 140 valence electrons. The number of hydrogen-bond acceptors (Lipinski definition) is 5. The van der Waals surface area contributed by atoms with Crippen LogP contribution in [0.2, 0.25) is 5.02 Å². The Balaban J connectivity index is 1.71. The molecule has 2 aromatic heterocycles. The van der Waals surface area contributed by atoms with Gasteiger partial charge in [-0.15, -0.1) is 0 Å². The van der Waals surface area contributed by atoms with Gasteiger partial charge in [-0.05, 0) is 19.1 Å². The van der Waals surface area contributed by atoms with Gasteiger partial charge in [-0.2, -0.15) is 10.2 Å². The first-order valence-electron chi connectivity index (χ1n) is 8.61. The van der Waals surface area contributed by atoms with E-state index in [0.29, 0.717) is 30.6 Å². The van der Waals surface area contributed by atoms with Crippen LogP contribution in [0.4, 0.5) is 0 Å². The number of carbonyl (C=O) groups is 1. The highest BCUT2D eigenvalue weighted by atomic mass is 35.5. The van der Waals surface area contributed by atoms with Crippen molar-refractivity contribution in [1.29, 1.82) is 0 Å². The van der Waals surface area contributed by atoms with E-state index in [2.05, 4.69) is 15.2 Å². The topological polar surface area (TPSA) is 78.1 Å². The molecule has 8 nitrogen and oxygen atoms in total. The Labute approximate surface area is 161 Å². The highest BCUT2D eigenvalue weighted by Crippen LogP contribution is 2.28. The second-order valence-corrected chi connectivity index (χ2v) is 6.70. The maximum atomic E-state index is 13.2. The summed E-state index contributed by atoms with van der Waals surface area (Å²) in [5.74, 6) is 0.401. The van der Waals surface area contributed by atoms with Crippen molar-refractivity contribution < 1.29 is 9.53 Å². The van der Waals surface area contributed by atoms with Gasteiger partial charge in [-0.1, -0.05) is 29.8 Å². The van der Waals surface area contributed by atoms with Crippen LogP contribution in [0.25, 0.3) is 5.69 Å². The van der Waals surface area contributed by atoms with Gasteiger partial charge in [-0.25, -0.2) is 9.67 Å². The number of aromatic nitrogens is 5. The zero-order chi connectivity index (χ0) is 19.0. The summed E-state index contributed by atoms with van der Waals surface area (Å²) in [7, 11) is 1.76. The molecule has 1 aliphatic rings. The van der Waals surface area contributed by atoms with E-state index in [1.807, 2.05) is 37.3 Å². The quantitative estimate of drug-likeness (QED) is 0.689. The Morgan fingerprint density at radius 3 is 2.78 bits per heavy atom. The molecule has 0 spiro atoms. The van der Waals surface area contributed by atoms with E-state index in [4.69, 9.17) is 16.3 Å². The van der Waals surface area contributed by atoms with Gasteiger partial charge in [0.15, 0.2) is 11.5 Å². The van der Waals surface area contributed by atoms with Crippen molar-refractivity contribution in [3.8, 4) is 5.69 Å². The molecule has 1 atom stereocenters. The number of hydrogen-bond donors (Lipinski definition) is 0. The number of carbonyl (C=O) groups excluding carboxylic acids is 1. The lowest BCUT2D eigenvalue weighted by molar-refractivity contribution is -0.00612. The Morgan fingerprint density at radius 2 is 2.07 bits per heavy atom. The molecule has 1 aromatic carbocycles. The fourth-order valence-electron chi connectivity index (χ4n) is 3.16. The average Bonchev–Trinajstić information content (AvgIpc) is 3.29. The van der Waals surface area contributed by atoms with Gasteiger partial charge in [0, 0.05) is 13.6 Å². The highest BCUT2D eigenvalue weighted by molar-refractivity contribution is 6.34. The molecular weight excluding hydrogens is 368 g/mol. The van der Waals surface area contributed by atoms with Gasteiger partial charge in [0.2, 0.25) is 0 Å². The summed E-state index contributed by atoms with van der Waals surface area (Å²) in [5.41, 5.74) is 1.86. The molecule has 0 bridgehead atoms. The molecule has 1 saturated heterocycles.